The molecule has 0 aromatic carbocycles. The van der Waals surface area contributed by atoms with Crippen molar-refractivity contribution in [2.45, 2.75) is 102 Å². The molecule has 0 unspecified atom stereocenters. The molecule has 24 heavy (non-hydrogen) atoms. The Bertz CT molecular complexity index is 403. The minimum absolute atomic E-state index is 0.933. The standard InChI is InChI=1S/C20H37N3S/c1-3-5-7-9-11-12-13-15-17-19-21-20(23-22-19)24-18-16-14-10-8-6-4-2/h3H,1,4-18H2,2H3,(H,21,22,23). The van der Waals surface area contributed by atoms with Crippen molar-refractivity contribution in [3.63, 3.8) is 0 Å². The molecule has 0 aliphatic rings. The smallest absolute Gasteiger partial charge is 0.208 e. The third-order valence-electron chi connectivity index (χ3n) is 4.31. The van der Waals surface area contributed by atoms with E-state index in [9.17, 15) is 0 Å². The van der Waals surface area contributed by atoms with Gasteiger partial charge in [0.1, 0.15) is 5.82 Å². The predicted octanol–water partition coefficient (Wildman–Crippen LogP) is 6.72. The second kappa shape index (κ2) is 15.7. The predicted molar refractivity (Wildman–Crippen MR) is 107 cm³/mol. The fourth-order valence-corrected chi connectivity index (χ4v) is 3.60. The molecule has 1 aromatic rings. The highest BCUT2D eigenvalue weighted by molar-refractivity contribution is 7.99. The van der Waals surface area contributed by atoms with Gasteiger partial charge in [-0.3, -0.25) is 5.10 Å². The molecular weight excluding hydrogens is 314 g/mol. The summed E-state index contributed by atoms with van der Waals surface area (Å²) in [4.78, 5) is 4.60. The molecule has 1 heterocycles. The lowest BCUT2D eigenvalue weighted by atomic mass is 10.1. The van der Waals surface area contributed by atoms with Crippen molar-refractivity contribution in [2.24, 2.45) is 0 Å². The van der Waals surface area contributed by atoms with Crippen molar-refractivity contribution in [1.82, 2.24) is 15.2 Å². The lowest BCUT2D eigenvalue weighted by molar-refractivity contribution is 0.591. The summed E-state index contributed by atoms with van der Waals surface area (Å²) >= 11 is 1.80. The number of nitrogens with one attached hydrogen (secondary N) is 1. The summed E-state index contributed by atoms with van der Waals surface area (Å²) in [5.74, 6) is 2.21. The van der Waals surface area contributed by atoms with Crippen LogP contribution in [0.25, 0.3) is 0 Å². The molecule has 0 atom stereocenters. The van der Waals surface area contributed by atoms with Crippen molar-refractivity contribution >= 4 is 11.8 Å². The van der Waals surface area contributed by atoms with Gasteiger partial charge in [-0.25, -0.2) is 4.98 Å². The van der Waals surface area contributed by atoms with E-state index in [1.54, 1.807) is 11.8 Å². The van der Waals surface area contributed by atoms with Gasteiger partial charge >= 0.3 is 0 Å². The van der Waals surface area contributed by atoms with Crippen molar-refractivity contribution in [1.29, 1.82) is 0 Å². The van der Waals surface area contributed by atoms with Gasteiger partial charge in [0.05, 0.1) is 0 Å². The maximum Gasteiger partial charge on any atom is 0.208 e. The van der Waals surface area contributed by atoms with E-state index in [4.69, 9.17) is 0 Å². The van der Waals surface area contributed by atoms with Gasteiger partial charge in [0.15, 0.2) is 0 Å². The second-order valence-corrected chi connectivity index (χ2v) is 7.69. The van der Waals surface area contributed by atoms with Crippen LogP contribution in [0.1, 0.15) is 96.2 Å². The first kappa shape index (κ1) is 21.3. The van der Waals surface area contributed by atoms with Gasteiger partial charge < -0.3 is 0 Å². The second-order valence-electron chi connectivity index (χ2n) is 6.63. The number of thioether (sulfide) groups is 1. The van der Waals surface area contributed by atoms with Crippen LogP contribution < -0.4 is 0 Å². The first-order valence-corrected chi connectivity index (χ1v) is 11.0. The fraction of sp³-hybridized carbons (Fsp3) is 0.800. The summed E-state index contributed by atoms with van der Waals surface area (Å²) in [6.07, 6.45) is 20.2. The number of nitrogens with zero attached hydrogens (tertiary/aromatic N) is 2. The Morgan fingerprint density at radius 3 is 2.33 bits per heavy atom. The number of aryl methyl sites for hydroxylation is 1. The Morgan fingerprint density at radius 2 is 1.58 bits per heavy atom. The summed E-state index contributed by atoms with van der Waals surface area (Å²) < 4.78 is 0. The van der Waals surface area contributed by atoms with Crippen LogP contribution in [-0.2, 0) is 6.42 Å². The molecule has 0 amide bonds. The maximum atomic E-state index is 4.60. The number of H-pyrrole nitrogens is 1. The summed E-state index contributed by atoms with van der Waals surface area (Å²) in [6.45, 7) is 6.03. The molecule has 1 N–H and O–H groups in total. The van der Waals surface area contributed by atoms with Crippen LogP contribution in [0, 0.1) is 0 Å². The zero-order valence-electron chi connectivity index (χ0n) is 15.7. The van der Waals surface area contributed by atoms with Crippen LogP contribution >= 0.6 is 11.8 Å². The Labute approximate surface area is 153 Å². The SMILES string of the molecule is C=CCCCCCCCCc1nc(SCCCCCCCC)n[nH]1. The van der Waals surface area contributed by atoms with Crippen LogP contribution in [0.3, 0.4) is 0 Å². The molecule has 0 fully saturated rings. The zero-order chi connectivity index (χ0) is 17.3. The van der Waals surface area contributed by atoms with E-state index in [2.05, 4.69) is 28.7 Å². The van der Waals surface area contributed by atoms with E-state index >= 15 is 0 Å². The minimum atomic E-state index is 0.933. The monoisotopic (exact) mass is 351 g/mol. The number of unbranched alkanes of at least 4 members (excludes halogenated alkanes) is 11. The van der Waals surface area contributed by atoms with Gasteiger partial charge in [-0.2, -0.15) is 0 Å². The van der Waals surface area contributed by atoms with Gasteiger partial charge in [0.2, 0.25) is 5.16 Å². The molecule has 0 bridgehead atoms. The maximum absolute atomic E-state index is 4.60. The molecule has 0 aliphatic carbocycles. The van der Waals surface area contributed by atoms with Crippen LogP contribution in [0.15, 0.2) is 17.8 Å². The largest absolute Gasteiger partial charge is 0.262 e. The normalized spacial score (nSPS) is 11.0. The average Bonchev–Trinajstić information content (AvgIpc) is 3.04. The topological polar surface area (TPSA) is 41.6 Å². The van der Waals surface area contributed by atoms with Gasteiger partial charge in [0.25, 0.3) is 0 Å². The third-order valence-corrected chi connectivity index (χ3v) is 5.25. The number of aromatic nitrogens is 3. The van der Waals surface area contributed by atoms with E-state index in [1.807, 2.05) is 6.08 Å². The highest BCUT2D eigenvalue weighted by Crippen LogP contribution is 2.17. The van der Waals surface area contributed by atoms with E-state index < -0.39 is 0 Å². The van der Waals surface area contributed by atoms with Gasteiger partial charge in [-0.05, 0) is 25.7 Å². The summed E-state index contributed by atoms with van der Waals surface area (Å²) in [5.41, 5.74) is 0. The summed E-state index contributed by atoms with van der Waals surface area (Å²) in [7, 11) is 0. The van der Waals surface area contributed by atoms with E-state index in [0.29, 0.717) is 0 Å². The number of aromatic amines is 1. The molecule has 0 aliphatic heterocycles. The van der Waals surface area contributed by atoms with E-state index in [1.165, 1.54) is 77.0 Å². The van der Waals surface area contributed by atoms with Crippen LogP contribution in [0.4, 0.5) is 0 Å². The Morgan fingerprint density at radius 1 is 0.917 bits per heavy atom. The van der Waals surface area contributed by atoms with E-state index in [0.717, 1.165) is 29.6 Å². The molecule has 0 saturated carbocycles. The fourth-order valence-electron chi connectivity index (χ4n) is 2.79. The van der Waals surface area contributed by atoms with Crippen molar-refractivity contribution in [3.8, 4) is 0 Å². The number of allylic oxidation sites excluding steroid dienone is 1. The molecule has 4 heteroatoms. The van der Waals surface area contributed by atoms with Crippen LogP contribution in [0.5, 0.6) is 0 Å². The molecule has 138 valence electrons. The van der Waals surface area contributed by atoms with Crippen molar-refractivity contribution in [3.05, 3.63) is 18.5 Å². The molecule has 3 nitrogen and oxygen atoms in total. The third kappa shape index (κ3) is 11.7. The highest BCUT2D eigenvalue weighted by atomic mass is 32.2. The molecule has 1 rings (SSSR count). The average molecular weight is 352 g/mol. The molecule has 0 radical (unpaired) electrons. The molecule has 0 saturated heterocycles. The molecule has 1 aromatic heterocycles. The first-order chi connectivity index (χ1) is 11.9. The van der Waals surface area contributed by atoms with Crippen molar-refractivity contribution in [2.75, 3.05) is 5.75 Å². The molecule has 0 spiro atoms. The van der Waals surface area contributed by atoms with Crippen LogP contribution in [0.2, 0.25) is 0 Å². The van der Waals surface area contributed by atoms with E-state index in [-0.39, 0.29) is 0 Å². The number of rotatable bonds is 17. The quantitative estimate of drug-likeness (QED) is 0.192. The van der Waals surface area contributed by atoms with Gasteiger partial charge in [0, 0.05) is 12.2 Å². The Hall–Kier alpha value is -0.770. The minimum Gasteiger partial charge on any atom is -0.262 e. The summed E-state index contributed by atoms with van der Waals surface area (Å²) in [6, 6.07) is 0. The lowest BCUT2D eigenvalue weighted by Gasteiger charge is -2.00. The van der Waals surface area contributed by atoms with Gasteiger partial charge in [-0.1, -0.05) is 82.5 Å². The number of hydrogen-bond donors (Lipinski definition) is 1. The highest BCUT2D eigenvalue weighted by Gasteiger charge is 2.03. The Kier molecular flexibility index (Phi) is 14.0. The summed E-state index contributed by atoms with van der Waals surface area (Å²) in [5, 5.41) is 8.36. The van der Waals surface area contributed by atoms with Crippen molar-refractivity contribution < 1.29 is 0 Å². The van der Waals surface area contributed by atoms with Gasteiger partial charge in [-0.15, -0.1) is 11.7 Å². The Balaban J connectivity index is 1.96. The molecular formula is C20H37N3S. The zero-order valence-corrected chi connectivity index (χ0v) is 16.5. The first-order valence-electron chi connectivity index (χ1n) is 10.0. The van der Waals surface area contributed by atoms with Crippen LogP contribution in [-0.4, -0.2) is 20.9 Å². The lowest BCUT2D eigenvalue weighted by Crippen LogP contribution is -1.89. The number of hydrogen-bond acceptors (Lipinski definition) is 3.